The summed E-state index contributed by atoms with van der Waals surface area (Å²) in [4.78, 5) is 4.60. The van der Waals surface area contributed by atoms with Gasteiger partial charge < -0.3 is 10.2 Å². The lowest BCUT2D eigenvalue weighted by molar-refractivity contribution is 0.102. The lowest BCUT2D eigenvalue weighted by atomic mass is 9.87. The van der Waals surface area contributed by atoms with Gasteiger partial charge in [-0.2, -0.15) is 0 Å². The second-order valence-corrected chi connectivity index (χ2v) is 5.28. The van der Waals surface area contributed by atoms with Crippen molar-refractivity contribution in [1.29, 1.82) is 0 Å². The van der Waals surface area contributed by atoms with Crippen LogP contribution in [-0.2, 0) is 0 Å². The summed E-state index contributed by atoms with van der Waals surface area (Å²) in [6, 6.07) is 0.387. The minimum atomic E-state index is -0.174. The van der Waals surface area contributed by atoms with Crippen molar-refractivity contribution in [2.45, 2.75) is 69.6 Å². The van der Waals surface area contributed by atoms with Gasteiger partial charge in [0.05, 0.1) is 12.2 Å². The number of hydrogen-bond acceptors (Lipinski definition) is 3. The highest BCUT2D eigenvalue weighted by Crippen LogP contribution is 2.25. The zero-order chi connectivity index (χ0) is 11.4. The van der Waals surface area contributed by atoms with Crippen LogP contribution in [0, 0.1) is 5.92 Å². The number of aliphatic hydroxyl groups excluding tert-OH is 2. The zero-order valence-corrected chi connectivity index (χ0v) is 9.89. The molecule has 0 aromatic heterocycles. The lowest BCUT2D eigenvalue weighted by Crippen LogP contribution is -2.27. The highest BCUT2D eigenvalue weighted by atomic mass is 16.3. The van der Waals surface area contributed by atoms with E-state index < -0.39 is 0 Å². The van der Waals surface area contributed by atoms with E-state index in [9.17, 15) is 10.2 Å². The van der Waals surface area contributed by atoms with Crippen molar-refractivity contribution < 1.29 is 10.2 Å². The number of aliphatic hydroxyl groups is 2. The highest BCUT2D eigenvalue weighted by molar-refractivity contribution is 5.62. The van der Waals surface area contributed by atoms with Crippen molar-refractivity contribution in [3.63, 3.8) is 0 Å². The molecule has 0 radical (unpaired) electrons. The standard InChI is InChI=1S/C13H23NO2/c15-12-7-5-11(6-8-12)14-9-10-3-1-2-4-13(10)16/h9-13,15-16H,1-8H2. The first kappa shape index (κ1) is 12.1. The molecule has 3 heteroatoms. The monoisotopic (exact) mass is 225 g/mol. The number of hydrogen-bond donors (Lipinski definition) is 2. The van der Waals surface area contributed by atoms with E-state index in [1.807, 2.05) is 6.21 Å². The van der Waals surface area contributed by atoms with Gasteiger partial charge in [0.25, 0.3) is 0 Å². The summed E-state index contributed by atoms with van der Waals surface area (Å²) in [5, 5.41) is 19.2. The predicted octanol–water partition coefficient (Wildman–Crippen LogP) is 1.91. The SMILES string of the molecule is OC1CCC(N=CC2CCCCC2O)CC1. The van der Waals surface area contributed by atoms with Gasteiger partial charge in [-0.3, -0.25) is 4.99 Å². The van der Waals surface area contributed by atoms with Crippen LogP contribution in [0.3, 0.4) is 0 Å². The molecule has 0 saturated heterocycles. The average molecular weight is 225 g/mol. The maximum absolute atomic E-state index is 9.81. The first-order chi connectivity index (χ1) is 7.75. The molecule has 2 fully saturated rings. The van der Waals surface area contributed by atoms with Crippen LogP contribution in [0.5, 0.6) is 0 Å². The molecule has 2 atom stereocenters. The Morgan fingerprint density at radius 3 is 2.25 bits per heavy atom. The minimum absolute atomic E-state index is 0.105. The smallest absolute Gasteiger partial charge is 0.0617 e. The van der Waals surface area contributed by atoms with Gasteiger partial charge in [-0.15, -0.1) is 0 Å². The summed E-state index contributed by atoms with van der Waals surface area (Å²) in [6.07, 6.45) is 9.87. The van der Waals surface area contributed by atoms with Crippen LogP contribution in [0.15, 0.2) is 4.99 Å². The molecule has 0 aliphatic heterocycles. The molecule has 0 amide bonds. The highest BCUT2D eigenvalue weighted by Gasteiger charge is 2.22. The first-order valence-electron chi connectivity index (χ1n) is 6.65. The second-order valence-electron chi connectivity index (χ2n) is 5.28. The maximum atomic E-state index is 9.81. The van der Waals surface area contributed by atoms with E-state index in [1.54, 1.807) is 0 Å². The molecule has 92 valence electrons. The molecule has 0 bridgehead atoms. The van der Waals surface area contributed by atoms with Crippen molar-refractivity contribution in [3.8, 4) is 0 Å². The topological polar surface area (TPSA) is 52.8 Å². The van der Waals surface area contributed by atoms with Gasteiger partial charge in [0.1, 0.15) is 0 Å². The normalized spacial score (nSPS) is 41.4. The molecule has 0 heterocycles. The van der Waals surface area contributed by atoms with Crippen molar-refractivity contribution in [2.75, 3.05) is 0 Å². The number of aliphatic imine (C=N–C) groups is 1. The summed E-state index contributed by atoms with van der Waals surface area (Å²) in [7, 11) is 0. The van der Waals surface area contributed by atoms with Gasteiger partial charge in [0.2, 0.25) is 0 Å². The minimum Gasteiger partial charge on any atom is -0.393 e. The van der Waals surface area contributed by atoms with E-state index >= 15 is 0 Å². The van der Waals surface area contributed by atoms with Crippen LogP contribution < -0.4 is 0 Å². The van der Waals surface area contributed by atoms with E-state index in [4.69, 9.17) is 0 Å². The third-order valence-corrected chi connectivity index (χ3v) is 3.94. The molecule has 2 N–H and O–H groups in total. The van der Waals surface area contributed by atoms with E-state index in [2.05, 4.69) is 4.99 Å². The lowest BCUT2D eigenvalue weighted by Gasteiger charge is -2.26. The molecular weight excluding hydrogens is 202 g/mol. The Kier molecular flexibility index (Phi) is 4.36. The van der Waals surface area contributed by atoms with Crippen LogP contribution in [0.25, 0.3) is 0 Å². The van der Waals surface area contributed by atoms with Gasteiger partial charge in [0.15, 0.2) is 0 Å². The fraction of sp³-hybridized carbons (Fsp3) is 0.923. The summed E-state index contributed by atoms with van der Waals surface area (Å²) >= 11 is 0. The Labute approximate surface area is 97.6 Å². The molecule has 2 saturated carbocycles. The Bertz CT molecular complexity index is 234. The van der Waals surface area contributed by atoms with Gasteiger partial charge in [-0.25, -0.2) is 0 Å². The quantitative estimate of drug-likeness (QED) is 0.705. The molecule has 3 nitrogen and oxygen atoms in total. The third kappa shape index (κ3) is 3.29. The molecular formula is C13H23NO2. The number of nitrogens with zero attached hydrogens (tertiary/aromatic N) is 1. The summed E-state index contributed by atoms with van der Waals surface area (Å²) in [5.41, 5.74) is 0. The molecule has 2 aliphatic carbocycles. The van der Waals surface area contributed by atoms with Crippen LogP contribution in [0.1, 0.15) is 51.4 Å². The largest absolute Gasteiger partial charge is 0.393 e. The molecule has 0 aromatic carbocycles. The molecule has 16 heavy (non-hydrogen) atoms. The molecule has 2 aliphatic rings. The maximum Gasteiger partial charge on any atom is 0.0617 e. The Morgan fingerprint density at radius 1 is 0.875 bits per heavy atom. The Morgan fingerprint density at radius 2 is 1.56 bits per heavy atom. The van der Waals surface area contributed by atoms with Crippen molar-refractivity contribution in [3.05, 3.63) is 0 Å². The van der Waals surface area contributed by atoms with Gasteiger partial charge in [-0.1, -0.05) is 12.8 Å². The van der Waals surface area contributed by atoms with Crippen LogP contribution in [-0.4, -0.2) is 34.7 Å². The molecule has 2 unspecified atom stereocenters. The van der Waals surface area contributed by atoms with Crippen molar-refractivity contribution in [1.82, 2.24) is 0 Å². The van der Waals surface area contributed by atoms with Gasteiger partial charge in [0, 0.05) is 18.2 Å². The van der Waals surface area contributed by atoms with Crippen LogP contribution >= 0.6 is 0 Å². The fourth-order valence-electron chi connectivity index (χ4n) is 2.75. The van der Waals surface area contributed by atoms with Gasteiger partial charge >= 0.3 is 0 Å². The Balaban J connectivity index is 1.79. The molecule has 0 spiro atoms. The summed E-state index contributed by atoms with van der Waals surface area (Å²) < 4.78 is 0. The van der Waals surface area contributed by atoms with Crippen LogP contribution in [0.4, 0.5) is 0 Å². The summed E-state index contributed by atoms with van der Waals surface area (Å²) in [5.74, 6) is 0.278. The van der Waals surface area contributed by atoms with Crippen LogP contribution in [0.2, 0.25) is 0 Å². The first-order valence-corrected chi connectivity index (χ1v) is 6.65. The number of rotatable bonds is 2. The predicted molar refractivity (Wildman–Crippen MR) is 64.7 cm³/mol. The van der Waals surface area contributed by atoms with Gasteiger partial charge in [-0.05, 0) is 38.5 Å². The van der Waals surface area contributed by atoms with Crippen molar-refractivity contribution >= 4 is 6.21 Å². The zero-order valence-electron chi connectivity index (χ0n) is 9.89. The van der Waals surface area contributed by atoms with E-state index in [0.717, 1.165) is 44.9 Å². The van der Waals surface area contributed by atoms with E-state index in [1.165, 1.54) is 6.42 Å². The fourth-order valence-corrected chi connectivity index (χ4v) is 2.75. The summed E-state index contributed by atoms with van der Waals surface area (Å²) in [6.45, 7) is 0. The molecule has 0 aromatic rings. The average Bonchev–Trinajstić information content (AvgIpc) is 2.30. The van der Waals surface area contributed by atoms with Crippen molar-refractivity contribution in [2.24, 2.45) is 10.9 Å². The second kappa shape index (κ2) is 5.78. The van der Waals surface area contributed by atoms with E-state index in [0.29, 0.717) is 6.04 Å². The molecule has 2 rings (SSSR count). The van der Waals surface area contributed by atoms with E-state index in [-0.39, 0.29) is 18.1 Å². The third-order valence-electron chi connectivity index (χ3n) is 3.94. The Hall–Kier alpha value is -0.410.